The van der Waals surface area contributed by atoms with E-state index < -0.39 is 0 Å². The Morgan fingerprint density at radius 1 is 1.06 bits per heavy atom. The molecule has 1 unspecified atom stereocenters. The molecule has 0 heterocycles. The van der Waals surface area contributed by atoms with Crippen LogP contribution in [0.1, 0.15) is 52.9 Å². The summed E-state index contributed by atoms with van der Waals surface area (Å²) in [6.07, 6.45) is 6.24. The van der Waals surface area contributed by atoms with E-state index in [9.17, 15) is 0 Å². The summed E-state index contributed by atoms with van der Waals surface area (Å²) in [5.74, 6) is 0.815. The third-order valence-electron chi connectivity index (χ3n) is 3.04. The molecule has 98 valence electrons. The normalized spacial score (nSPS) is 13.3. The van der Waals surface area contributed by atoms with Crippen molar-refractivity contribution in [3.63, 3.8) is 0 Å². The van der Waals surface area contributed by atoms with Gasteiger partial charge in [0, 0.05) is 26.3 Å². The van der Waals surface area contributed by atoms with Crippen LogP contribution in [0.5, 0.6) is 0 Å². The SMILES string of the molecule is CCCCCOCCCN(C)CC(C)CC. The maximum atomic E-state index is 5.59. The lowest BCUT2D eigenvalue weighted by Crippen LogP contribution is -2.26. The van der Waals surface area contributed by atoms with E-state index in [2.05, 4.69) is 32.7 Å². The average Bonchev–Trinajstić information content (AvgIpc) is 2.27. The van der Waals surface area contributed by atoms with Crippen LogP contribution in [0.25, 0.3) is 0 Å². The fourth-order valence-electron chi connectivity index (χ4n) is 1.75. The average molecular weight is 229 g/mol. The molecule has 0 fully saturated rings. The molecule has 0 rings (SSSR count). The topological polar surface area (TPSA) is 12.5 Å². The Kier molecular flexibility index (Phi) is 11.3. The largest absolute Gasteiger partial charge is 0.381 e. The number of rotatable bonds is 11. The zero-order chi connectivity index (χ0) is 12.2. The molecule has 2 heteroatoms. The summed E-state index contributed by atoms with van der Waals surface area (Å²) in [6.45, 7) is 11.1. The molecule has 0 bridgehead atoms. The van der Waals surface area contributed by atoms with E-state index in [-0.39, 0.29) is 0 Å². The predicted octanol–water partition coefficient (Wildman–Crippen LogP) is 3.56. The summed E-state index contributed by atoms with van der Waals surface area (Å²) in [4.78, 5) is 2.42. The van der Waals surface area contributed by atoms with Crippen LogP contribution in [0.3, 0.4) is 0 Å². The van der Waals surface area contributed by atoms with Crippen molar-refractivity contribution < 1.29 is 4.74 Å². The summed E-state index contributed by atoms with van der Waals surface area (Å²) in [7, 11) is 2.21. The minimum atomic E-state index is 0.815. The number of hydrogen-bond donors (Lipinski definition) is 0. The molecular formula is C14H31NO. The highest BCUT2D eigenvalue weighted by atomic mass is 16.5. The molecule has 0 aromatic rings. The second-order valence-electron chi connectivity index (χ2n) is 4.95. The van der Waals surface area contributed by atoms with Crippen molar-refractivity contribution in [1.82, 2.24) is 4.90 Å². The van der Waals surface area contributed by atoms with E-state index in [1.54, 1.807) is 0 Å². The second-order valence-corrected chi connectivity index (χ2v) is 4.95. The maximum Gasteiger partial charge on any atom is 0.0478 e. The fourth-order valence-corrected chi connectivity index (χ4v) is 1.75. The van der Waals surface area contributed by atoms with Gasteiger partial charge >= 0.3 is 0 Å². The van der Waals surface area contributed by atoms with Crippen LogP contribution < -0.4 is 0 Å². The van der Waals surface area contributed by atoms with Crippen LogP contribution in [0, 0.1) is 5.92 Å². The Morgan fingerprint density at radius 3 is 2.38 bits per heavy atom. The van der Waals surface area contributed by atoms with Crippen molar-refractivity contribution in [2.24, 2.45) is 5.92 Å². The van der Waals surface area contributed by atoms with Gasteiger partial charge in [0.25, 0.3) is 0 Å². The zero-order valence-electron chi connectivity index (χ0n) is 11.8. The highest BCUT2D eigenvalue weighted by Gasteiger charge is 2.03. The van der Waals surface area contributed by atoms with Gasteiger partial charge in [-0.2, -0.15) is 0 Å². The minimum absolute atomic E-state index is 0.815. The lowest BCUT2D eigenvalue weighted by atomic mass is 10.1. The maximum absolute atomic E-state index is 5.59. The van der Waals surface area contributed by atoms with Crippen LogP contribution in [-0.4, -0.2) is 38.3 Å². The van der Waals surface area contributed by atoms with E-state index >= 15 is 0 Å². The first-order valence-corrected chi connectivity index (χ1v) is 6.97. The van der Waals surface area contributed by atoms with Gasteiger partial charge in [-0.3, -0.25) is 0 Å². The number of hydrogen-bond acceptors (Lipinski definition) is 2. The van der Waals surface area contributed by atoms with Gasteiger partial charge in [0.05, 0.1) is 0 Å². The van der Waals surface area contributed by atoms with Gasteiger partial charge in [0.15, 0.2) is 0 Å². The van der Waals surface area contributed by atoms with Gasteiger partial charge in [0.2, 0.25) is 0 Å². The Bertz CT molecular complexity index is 139. The molecule has 0 aromatic heterocycles. The summed E-state index contributed by atoms with van der Waals surface area (Å²) in [5, 5.41) is 0. The summed E-state index contributed by atoms with van der Waals surface area (Å²) < 4.78 is 5.59. The molecule has 0 spiro atoms. The molecule has 0 radical (unpaired) electrons. The first-order chi connectivity index (χ1) is 7.70. The standard InChI is InChI=1S/C14H31NO/c1-5-7-8-11-16-12-9-10-15(4)13-14(3)6-2/h14H,5-13H2,1-4H3. The van der Waals surface area contributed by atoms with Crippen molar-refractivity contribution in [2.75, 3.05) is 33.4 Å². The van der Waals surface area contributed by atoms with Gasteiger partial charge in [-0.1, -0.05) is 40.0 Å². The molecule has 0 N–H and O–H groups in total. The van der Waals surface area contributed by atoms with Gasteiger partial charge < -0.3 is 9.64 Å². The smallest absolute Gasteiger partial charge is 0.0478 e. The number of ether oxygens (including phenoxy) is 1. The van der Waals surface area contributed by atoms with Gasteiger partial charge in [0.1, 0.15) is 0 Å². The van der Waals surface area contributed by atoms with Crippen LogP contribution in [0.15, 0.2) is 0 Å². The lowest BCUT2D eigenvalue weighted by molar-refractivity contribution is 0.118. The van der Waals surface area contributed by atoms with E-state index in [4.69, 9.17) is 4.74 Å². The van der Waals surface area contributed by atoms with Gasteiger partial charge in [-0.15, -0.1) is 0 Å². The third-order valence-corrected chi connectivity index (χ3v) is 3.04. The number of nitrogens with zero attached hydrogens (tertiary/aromatic N) is 1. The first kappa shape index (κ1) is 15.9. The van der Waals surface area contributed by atoms with E-state index in [1.807, 2.05) is 0 Å². The molecule has 0 aliphatic rings. The van der Waals surface area contributed by atoms with Crippen LogP contribution in [0.2, 0.25) is 0 Å². The van der Waals surface area contributed by atoms with Crippen molar-refractivity contribution in [3.8, 4) is 0 Å². The zero-order valence-corrected chi connectivity index (χ0v) is 11.8. The molecule has 16 heavy (non-hydrogen) atoms. The van der Waals surface area contributed by atoms with Crippen molar-refractivity contribution in [1.29, 1.82) is 0 Å². The fraction of sp³-hybridized carbons (Fsp3) is 1.00. The van der Waals surface area contributed by atoms with Gasteiger partial charge in [-0.05, 0) is 25.8 Å². The van der Waals surface area contributed by atoms with Crippen LogP contribution >= 0.6 is 0 Å². The van der Waals surface area contributed by atoms with Gasteiger partial charge in [-0.25, -0.2) is 0 Å². The molecule has 0 saturated heterocycles. The highest BCUT2D eigenvalue weighted by Crippen LogP contribution is 2.03. The van der Waals surface area contributed by atoms with Crippen molar-refractivity contribution in [2.45, 2.75) is 52.9 Å². The molecule has 0 aromatic carbocycles. The van der Waals surface area contributed by atoms with E-state index in [0.717, 1.165) is 25.7 Å². The molecule has 2 nitrogen and oxygen atoms in total. The Morgan fingerprint density at radius 2 is 1.75 bits per heavy atom. The predicted molar refractivity (Wildman–Crippen MR) is 71.9 cm³/mol. The molecule has 0 saturated carbocycles. The van der Waals surface area contributed by atoms with Crippen LogP contribution in [0.4, 0.5) is 0 Å². The second kappa shape index (κ2) is 11.4. The molecular weight excluding hydrogens is 198 g/mol. The van der Waals surface area contributed by atoms with Crippen LogP contribution in [-0.2, 0) is 4.74 Å². The summed E-state index contributed by atoms with van der Waals surface area (Å²) in [5.41, 5.74) is 0. The molecule has 1 atom stereocenters. The molecule has 0 amide bonds. The first-order valence-electron chi connectivity index (χ1n) is 6.97. The van der Waals surface area contributed by atoms with Crippen molar-refractivity contribution >= 4 is 0 Å². The Balaban J connectivity index is 3.18. The lowest BCUT2D eigenvalue weighted by Gasteiger charge is -2.20. The van der Waals surface area contributed by atoms with E-state index in [0.29, 0.717) is 0 Å². The Hall–Kier alpha value is -0.0800. The summed E-state index contributed by atoms with van der Waals surface area (Å²) >= 11 is 0. The summed E-state index contributed by atoms with van der Waals surface area (Å²) in [6, 6.07) is 0. The minimum Gasteiger partial charge on any atom is -0.381 e. The highest BCUT2D eigenvalue weighted by molar-refractivity contribution is 4.57. The van der Waals surface area contributed by atoms with Crippen molar-refractivity contribution in [3.05, 3.63) is 0 Å². The monoisotopic (exact) mass is 229 g/mol. The number of unbranched alkanes of at least 4 members (excludes halogenated alkanes) is 2. The molecule has 0 aliphatic carbocycles. The Labute approximate surface area is 102 Å². The third kappa shape index (κ3) is 10.4. The molecule has 0 aliphatic heterocycles. The quantitative estimate of drug-likeness (QED) is 0.502. The van der Waals surface area contributed by atoms with E-state index in [1.165, 1.54) is 38.6 Å².